The lowest BCUT2D eigenvalue weighted by Gasteiger charge is -2.31. The zero-order valence-corrected chi connectivity index (χ0v) is 23.8. The van der Waals surface area contributed by atoms with Crippen molar-refractivity contribution in [3.63, 3.8) is 0 Å². The van der Waals surface area contributed by atoms with Gasteiger partial charge in [-0.3, -0.25) is 14.4 Å². The molecule has 6 heteroatoms. The third-order valence-corrected chi connectivity index (χ3v) is 7.41. The van der Waals surface area contributed by atoms with E-state index in [0.29, 0.717) is 34.4 Å². The van der Waals surface area contributed by atoms with Crippen LogP contribution in [0.1, 0.15) is 73.3 Å². The minimum Gasteiger partial charge on any atom is -0.326 e. The van der Waals surface area contributed by atoms with Gasteiger partial charge in [0.15, 0.2) is 11.6 Å². The van der Waals surface area contributed by atoms with Gasteiger partial charge in [0, 0.05) is 39.8 Å². The average molecular weight is 522 g/mol. The highest BCUT2D eigenvalue weighted by Gasteiger charge is 2.38. The molecule has 1 N–H and O–H groups in total. The number of Topliss-reactive ketones (excluding diaryl/α,β-unsaturated/α-hetero) is 2. The molecule has 2 aliphatic carbocycles. The van der Waals surface area contributed by atoms with E-state index < -0.39 is 5.41 Å². The van der Waals surface area contributed by atoms with Crippen LogP contribution in [0.3, 0.4) is 0 Å². The number of carbonyl (C=O) groups excluding carboxylic acids is 3. The van der Waals surface area contributed by atoms with Crippen LogP contribution in [-0.2, 0) is 14.4 Å². The van der Waals surface area contributed by atoms with Crippen LogP contribution in [0.4, 0.5) is 5.69 Å². The Morgan fingerprint density at radius 1 is 0.949 bits per heavy atom. The topological polar surface area (TPSA) is 111 Å². The first-order valence-corrected chi connectivity index (χ1v) is 13.0. The summed E-state index contributed by atoms with van der Waals surface area (Å²) in [6, 6.07) is 11.4. The van der Waals surface area contributed by atoms with Gasteiger partial charge in [0.25, 0.3) is 0 Å². The second kappa shape index (κ2) is 11.2. The molecule has 1 aromatic rings. The Morgan fingerprint density at radius 3 is 2.13 bits per heavy atom. The highest BCUT2D eigenvalue weighted by molar-refractivity contribution is 6.25. The van der Waals surface area contributed by atoms with Gasteiger partial charge in [0.1, 0.15) is 17.7 Å². The van der Waals surface area contributed by atoms with Gasteiger partial charge >= 0.3 is 0 Å². The fourth-order valence-electron chi connectivity index (χ4n) is 5.38. The number of ketones is 2. The first-order chi connectivity index (χ1) is 18.2. The molecule has 1 aromatic carbocycles. The Labute approximate surface area is 231 Å². The van der Waals surface area contributed by atoms with Crippen LogP contribution in [0.2, 0.25) is 0 Å². The summed E-state index contributed by atoms with van der Waals surface area (Å²) in [5.41, 5.74) is 4.39. The van der Waals surface area contributed by atoms with Gasteiger partial charge in [-0.25, -0.2) is 0 Å². The zero-order valence-electron chi connectivity index (χ0n) is 23.8. The van der Waals surface area contributed by atoms with E-state index in [0.717, 1.165) is 23.1 Å². The third-order valence-electron chi connectivity index (χ3n) is 7.41. The molecule has 0 atom stereocenters. The lowest BCUT2D eigenvalue weighted by atomic mass is 9.71. The Morgan fingerprint density at radius 2 is 1.54 bits per heavy atom. The van der Waals surface area contributed by atoms with E-state index in [-0.39, 0.29) is 34.9 Å². The summed E-state index contributed by atoms with van der Waals surface area (Å²) in [5.74, 6) is -0.559. The lowest BCUT2D eigenvalue weighted by Crippen LogP contribution is -2.33. The van der Waals surface area contributed by atoms with Crippen molar-refractivity contribution < 1.29 is 14.4 Å². The van der Waals surface area contributed by atoms with E-state index in [1.54, 1.807) is 20.8 Å². The van der Waals surface area contributed by atoms with Crippen LogP contribution >= 0.6 is 0 Å². The number of allylic oxidation sites excluding steroid dienone is 9. The highest BCUT2D eigenvalue weighted by Crippen LogP contribution is 2.40. The van der Waals surface area contributed by atoms with Gasteiger partial charge in [-0.2, -0.15) is 10.5 Å². The molecular formula is C33H35N3O3. The summed E-state index contributed by atoms with van der Waals surface area (Å²) in [6.45, 7) is 12.9. The number of hydrogen-bond donors (Lipinski definition) is 1. The number of rotatable bonds is 6. The second-order valence-electron chi connectivity index (χ2n) is 11.8. The number of carbonyl (C=O) groups is 3. The maximum Gasteiger partial charge on any atom is 0.225 e. The Kier molecular flexibility index (Phi) is 8.42. The number of hydrogen-bond acceptors (Lipinski definition) is 5. The van der Waals surface area contributed by atoms with Crippen molar-refractivity contribution in [1.29, 1.82) is 10.5 Å². The van der Waals surface area contributed by atoms with E-state index in [2.05, 4.69) is 19.2 Å². The van der Waals surface area contributed by atoms with E-state index in [1.807, 2.05) is 68.5 Å². The van der Waals surface area contributed by atoms with E-state index in [9.17, 15) is 24.9 Å². The second-order valence-corrected chi connectivity index (χ2v) is 11.8. The summed E-state index contributed by atoms with van der Waals surface area (Å²) < 4.78 is 0. The van der Waals surface area contributed by atoms with Crippen molar-refractivity contribution in [1.82, 2.24) is 0 Å². The molecule has 3 rings (SSSR count). The van der Waals surface area contributed by atoms with Gasteiger partial charge in [0.2, 0.25) is 5.91 Å². The van der Waals surface area contributed by atoms with Crippen LogP contribution in [0.5, 0.6) is 0 Å². The van der Waals surface area contributed by atoms with Gasteiger partial charge in [-0.05, 0) is 67.9 Å². The fourth-order valence-corrected chi connectivity index (χ4v) is 5.38. The quantitative estimate of drug-likeness (QED) is 0.322. The lowest BCUT2D eigenvalue weighted by molar-refractivity contribution is -0.119. The first kappa shape index (κ1) is 29.3. The maximum atomic E-state index is 13.0. The minimum absolute atomic E-state index is 0.0530. The standard InChI is InChI=1S/C33H35N3O3/c1-20-21(2)31(39)29(22(3)30(20)38)33(6,7)17-28(37)36-27-12-10-23(11-13-27)8-9-24-14-25(26(18-34)19-35)16-32(4,5)15-24/h8-14H,15-17H2,1-7H3,(H,36,37)/b9-8+. The Hall–Kier alpha value is -4.29. The summed E-state index contributed by atoms with van der Waals surface area (Å²) in [4.78, 5) is 38.5. The molecule has 0 saturated carbocycles. The van der Waals surface area contributed by atoms with Crippen molar-refractivity contribution in [3.05, 3.63) is 81.0 Å². The molecule has 39 heavy (non-hydrogen) atoms. The molecule has 0 fully saturated rings. The maximum absolute atomic E-state index is 13.0. The summed E-state index contributed by atoms with van der Waals surface area (Å²) in [5, 5.41) is 21.4. The molecule has 6 nitrogen and oxygen atoms in total. The predicted octanol–water partition coefficient (Wildman–Crippen LogP) is 6.95. The fraction of sp³-hybridized carbons (Fsp3) is 0.364. The van der Waals surface area contributed by atoms with Crippen molar-refractivity contribution in [2.75, 3.05) is 5.32 Å². The monoisotopic (exact) mass is 521 g/mol. The zero-order chi connectivity index (χ0) is 29.1. The van der Waals surface area contributed by atoms with Crippen LogP contribution in [-0.4, -0.2) is 17.5 Å². The summed E-state index contributed by atoms with van der Waals surface area (Å²) >= 11 is 0. The van der Waals surface area contributed by atoms with Crippen molar-refractivity contribution in [3.8, 4) is 12.1 Å². The average Bonchev–Trinajstić information content (AvgIpc) is 2.85. The van der Waals surface area contributed by atoms with Crippen LogP contribution in [0.25, 0.3) is 6.08 Å². The SMILES string of the molecule is CC1=C(C)C(=O)C(C(C)(C)CC(=O)Nc2ccc(/C=C/C3=CC(=C(C#N)C#N)CC(C)(C)C3)cc2)=C(C)C1=O. The van der Waals surface area contributed by atoms with Gasteiger partial charge in [-0.15, -0.1) is 0 Å². The molecule has 0 saturated heterocycles. The smallest absolute Gasteiger partial charge is 0.225 e. The number of nitrogens with zero attached hydrogens (tertiary/aromatic N) is 2. The first-order valence-electron chi connectivity index (χ1n) is 13.0. The van der Waals surface area contributed by atoms with Crippen molar-refractivity contribution >= 4 is 29.2 Å². The summed E-state index contributed by atoms with van der Waals surface area (Å²) in [7, 11) is 0. The highest BCUT2D eigenvalue weighted by atomic mass is 16.2. The number of amides is 1. The minimum atomic E-state index is -0.808. The molecule has 0 aliphatic heterocycles. The van der Waals surface area contributed by atoms with E-state index >= 15 is 0 Å². The predicted molar refractivity (Wildman–Crippen MR) is 153 cm³/mol. The molecule has 0 radical (unpaired) electrons. The molecule has 0 aromatic heterocycles. The molecule has 0 bridgehead atoms. The van der Waals surface area contributed by atoms with Gasteiger partial charge in [-0.1, -0.05) is 58.1 Å². The normalized spacial score (nSPS) is 17.7. The largest absolute Gasteiger partial charge is 0.326 e. The van der Waals surface area contributed by atoms with Crippen LogP contribution in [0.15, 0.2) is 75.4 Å². The molecule has 200 valence electrons. The van der Waals surface area contributed by atoms with Crippen LogP contribution < -0.4 is 5.32 Å². The summed E-state index contributed by atoms with van der Waals surface area (Å²) in [6.07, 6.45) is 7.47. The third kappa shape index (κ3) is 6.59. The Bertz CT molecular complexity index is 1460. The van der Waals surface area contributed by atoms with Crippen molar-refractivity contribution in [2.45, 2.75) is 67.7 Å². The van der Waals surface area contributed by atoms with Gasteiger partial charge in [0.05, 0.1) is 0 Å². The van der Waals surface area contributed by atoms with Crippen LogP contribution in [0, 0.1) is 33.5 Å². The number of anilines is 1. The molecule has 0 spiro atoms. The number of nitrogens with one attached hydrogen (secondary N) is 1. The molecular weight excluding hydrogens is 486 g/mol. The molecule has 2 aliphatic rings. The van der Waals surface area contributed by atoms with Crippen molar-refractivity contribution in [2.24, 2.45) is 10.8 Å². The van der Waals surface area contributed by atoms with E-state index in [4.69, 9.17) is 0 Å². The Balaban J connectivity index is 1.71. The molecule has 0 unspecified atom stereocenters. The van der Waals surface area contributed by atoms with E-state index in [1.165, 1.54) is 0 Å². The van der Waals surface area contributed by atoms with Gasteiger partial charge < -0.3 is 5.32 Å². The number of nitriles is 2. The molecule has 1 amide bonds. The number of benzene rings is 1. The molecule has 0 heterocycles.